The molecule has 4 atom stereocenters. The highest BCUT2D eigenvalue weighted by molar-refractivity contribution is 7.84. The van der Waals surface area contributed by atoms with Gasteiger partial charge in [0.15, 0.2) is 13.1 Å². The fraction of sp³-hybridized carbons (Fsp3) is 0.619. The normalized spacial score (nSPS) is 22.7. The molecule has 0 saturated carbocycles. The highest BCUT2D eigenvalue weighted by atomic mass is 32.2. The molecule has 3 aliphatic heterocycles. The zero-order valence-corrected chi connectivity index (χ0v) is 35.4. The number of benzene rings is 2. The van der Waals surface area contributed by atoms with Crippen molar-refractivity contribution < 1.29 is 32.3 Å². The molecule has 3 aliphatic rings. The number of anilines is 1. The standard InChI is InChI=1S/C42H58FN3O6SSi/c1-27(2)54(28(3)4,29(5)6)20-16-32-35(43)15-14-30-21-31(51-26-48-8)22-33(39(30)32)37-23-36-34(24-50-37)40(45-41(44-36)53(9)47)46-18-12-17-42(7,25-46)52-38-13-10-11-19-49-38/h14-15,21-22,27-29,37-38H,10-13,17-19,23-26H2,1-9H3. The van der Waals surface area contributed by atoms with Crippen molar-refractivity contribution in [3.8, 4) is 17.2 Å². The Morgan fingerprint density at radius 2 is 1.83 bits per heavy atom. The molecule has 6 rings (SSSR count). The van der Waals surface area contributed by atoms with Crippen LogP contribution in [0.4, 0.5) is 10.2 Å². The fourth-order valence-corrected chi connectivity index (χ4v) is 14.7. The Kier molecular flexibility index (Phi) is 12.9. The highest BCUT2D eigenvalue weighted by Gasteiger charge is 2.42. The second-order valence-corrected chi connectivity index (χ2v) is 23.2. The van der Waals surface area contributed by atoms with Gasteiger partial charge in [-0.1, -0.05) is 53.5 Å². The van der Waals surface area contributed by atoms with Gasteiger partial charge in [-0.05, 0) is 84.8 Å². The molecule has 0 bridgehead atoms. The molecular weight excluding hydrogens is 722 g/mol. The highest BCUT2D eigenvalue weighted by Crippen LogP contribution is 2.43. The Hall–Kier alpha value is -2.92. The Bertz CT molecular complexity index is 1890. The van der Waals surface area contributed by atoms with Crippen LogP contribution in [0.25, 0.3) is 10.8 Å². The molecule has 2 fully saturated rings. The van der Waals surface area contributed by atoms with Crippen LogP contribution in [0.2, 0.25) is 16.6 Å². The molecule has 9 nitrogen and oxygen atoms in total. The van der Waals surface area contributed by atoms with Crippen LogP contribution in [0.5, 0.6) is 5.75 Å². The van der Waals surface area contributed by atoms with E-state index in [1.807, 2.05) is 12.1 Å². The summed E-state index contributed by atoms with van der Waals surface area (Å²) in [5, 5.41) is 1.80. The molecule has 1 aromatic heterocycles. The summed E-state index contributed by atoms with van der Waals surface area (Å²) in [6.07, 6.45) is 6.16. The smallest absolute Gasteiger partial charge is 0.220 e. The van der Waals surface area contributed by atoms with Crippen molar-refractivity contribution in [1.29, 1.82) is 0 Å². The van der Waals surface area contributed by atoms with Crippen LogP contribution >= 0.6 is 0 Å². The number of piperidine rings is 1. The predicted octanol–water partition coefficient (Wildman–Crippen LogP) is 8.77. The Morgan fingerprint density at radius 3 is 2.50 bits per heavy atom. The minimum atomic E-state index is -2.18. The minimum Gasteiger partial charge on any atom is -0.468 e. The molecule has 3 aromatic rings. The van der Waals surface area contributed by atoms with Gasteiger partial charge in [-0.2, -0.15) is 0 Å². The molecular formula is C42H58FN3O6SSi. The van der Waals surface area contributed by atoms with E-state index < -0.39 is 30.6 Å². The number of fused-ring (bicyclic) bond motifs is 2. The van der Waals surface area contributed by atoms with E-state index in [0.717, 1.165) is 73.3 Å². The lowest BCUT2D eigenvalue weighted by Crippen LogP contribution is -2.51. The summed E-state index contributed by atoms with van der Waals surface area (Å²) in [5.41, 5.74) is 7.31. The van der Waals surface area contributed by atoms with Gasteiger partial charge in [0.2, 0.25) is 5.16 Å². The maximum Gasteiger partial charge on any atom is 0.220 e. The molecule has 12 heteroatoms. The maximum absolute atomic E-state index is 16.1. The summed E-state index contributed by atoms with van der Waals surface area (Å²) in [4.78, 5) is 12.0. The number of halogens is 1. The van der Waals surface area contributed by atoms with Crippen LogP contribution in [0.15, 0.2) is 29.4 Å². The molecule has 4 unspecified atom stereocenters. The van der Waals surface area contributed by atoms with Crippen molar-refractivity contribution in [3.63, 3.8) is 0 Å². The molecule has 0 spiro atoms. The molecule has 294 valence electrons. The third kappa shape index (κ3) is 8.42. The monoisotopic (exact) mass is 779 g/mol. The molecule has 4 heterocycles. The number of aromatic nitrogens is 2. The van der Waals surface area contributed by atoms with Crippen LogP contribution in [0, 0.1) is 17.3 Å². The topological polar surface area (TPSA) is 92.2 Å². The van der Waals surface area contributed by atoms with E-state index in [0.29, 0.717) is 46.3 Å². The molecule has 0 radical (unpaired) electrons. The lowest BCUT2D eigenvalue weighted by atomic mass is 9.91. The van der Waals surface area contributed by atoms with E-state index in [4.69, 9.17) is 33.7 Å². The molecule has 2 saturated heterocycles. The number of hydrogen-bond acceptors (Lipinski definition) is 9. The van der Waals surface area contributed by atoms with Crippen molar-refractivity contribution in [3.05, 3.63) is 52.5 Å². The summed E-state index contributed by atoms with van der Waals surface area (Å²) < 4.78 is 59.6. The third-order valence-corrected chi connectivity index (χ3v) is 18.6. The summed E-state index contributed by atoms with van der Waals surface area (Å²) in [7, 11) is -2.03. The molecule has 54 heavy (non-hydrogen) atoms. The SMILES string of the molecule is COCOc1cc(C2Cc3nc(S(C)=O)nc(N4CCCC(C)(OC5CCCCO5)C4)c3CO2)c2c(C#C[Si](C(C)C)(C(C)C)C(C)C)c(F)ccc2c1. The van der Waals surface area contributed by atoms with E-state index in [1.54, 1.807) is 19.4 Å². The average molecular weight is 780 g/mol. The van der Waals surface area contributed by atoms with Crippen molar-refractivity contribution >= 4 is 35.5 Å². The van der Waals surface area contributed by atoms with Gasteiger partial charge in [0.25, 0.3) is 0 Å². The second kappa shape index (κ2) is 17.1. The summed E-state index contributed by atoms with van der Waals surface area (Å²) in [5.74, 6) is 4.40. The zero-order chi connectivity index (χ0) is 38.8. The van der Waals surface area contributed by atoms with E-state index in [1.165, 1.54) is 6.07 Å². The summed E-state index contributed by atoms with van der Waals surface area (Å²) in [6.45, 7) is 18.1. The van der Waals surface area contributed by atoms with Crippen molar-refractivity contribution in [2.75, 3.05) is 44.8 Å². The Morgan fingerprint density at radius 1 is 1.07 bits per heavy atom. The molecule has 0 N–H and O–H groups in total. The Labute approximate surface area is 324 Å². The van der Waals surface area contributed by atoms with Crippen molar-refractivity contribution in [2.24, 2.45) is 0 Å². The predicted molar refractivity (Wildman–Crippen MR) is 214 cm³/mol. The lowest BCUT2D eigenvalue weighted by molar-refractivity contribution is -0.221. The maximum atomic E-state index is 16.1. The van der Waals surface area contributed by atoms with Gasteiger partial charge in [-0.25, -0.2) is 14.4 Å². The van der Waals surface area contributed by atoms with Crippen LogP contribution in [-0.2, 0) is 42.8 Å². The van der Waals surface area contributed by atoms with Crippen LogP contribution < -0.4 is 9.64 Å². The largest absolute Gasteiger partial charge is 0.468 e. The first-order valence-electron chi connectivity index (χ1n) is 19.6. The van der Waals surface area contributed by atoms with E-state index in [9.17, 15) is 4.21 Å². The first-order chi connectivity index (χ1) is 25.8. The summed E-state index contributed by atoms with van der Waals surface area (Å²) in [6, 6.07) is 7.10. The fourth-order valence-electron chi connectivity index (χ4n) is 9.06. The zero-order valence-electron chi connectivity index (χ0n) is 33.6. The van der Waals surface area contributed by atoms with Crippen molar-refractivity contribution in [2.45, 2.75) is 133 Å². The van der Waals surface area contributed by atoms with Crippen LogP contribution in [0.1, 0.15) is 109 Å². The van der Waals surface area contributed by atoms with Crippen LogP contribution in [-0.4, -0.2) is 74.0 Å². The number of rotatable bonds is 11. The number of methoxy groups -OCH3 is 1. The lowest BCUT2D eigenvalue weighted by Gasteiger charge is -2.44. The second-order valence-electron chi connectivity index (χ2n) is 16.3. The van der Waals surface area contributed by atoms with E-state index in [-0.39, 0.29) is 30.7 Å². The quantitative estimate of drug-likeness (QED) is 0.0820. The van der Waals surface area contributed by atoms with Gasteiger partial charge in [-0.3, -0.25) is 4.21 Å². The third-order valence-electron chi connectivity index (χ3n) is 11.7. The number of ether oxygens (including phenoxy) is 5. The van der Waals surface area contributed by atoms with Gasteiger partial charge in [-0.15, -0.1) is 5.54 Å². The first-order valence-corrected chi connectivity index (χ1v) is 23.4. The molecule has 0 aliphatic carbocycles. The Balaban J connectivity index is 1.43. The first kappa shape index (κ1) is 40.7. The van der Waals surface area contributed by atoms with Crippen molar-refractivity contribution in [1.82, 2.24) is 9.97 Å². The van der Waals surface area contributed by atoms with Gasteiger partial charge in [0.1, 0.15) is 25.5 Å². The minimum absolute atomic E-state index is 0.0616. The van der Waals surface area contributed by atoms with Gasteiger partial charge in [0, 0.05) is 50.4 Å². The average Bonchev–Trinajstić information content (AvgIpc) is 3.13. The molecule has 2 aromatic carbocycles. The van der Waals surface area contributed by atoms with Gasteiger partial charge in [0.05, 0.1) is 40.4 Å². The molecule has 0 amide bonds. The number of hydrogen-bond donors (Lipinski definition) is 0. The number of nitrogens with zero attached hydrogens (tertiary/aromatic N) is 3. The van der Waals surface area contributed by atoms with Gasteiger partial charge < -0.3 is 28.6 Å². The van der Waals surface area contributed by atoms with E-state index in [2.05, 4.69) is 64.8 Å². The van der Waals surface area contributed by atoms with Crippen LogP contribution in [0.3, 0.4) is 0 Å². The summed E-state index contributed by atoms with van der Waals surface area (Å²) >= 11 is 0. The van der Waals surface area contributed by atoms with Gasteiger partial charge >= 0.3 is 0 Å². The van der Waals surface area contributed by atoms with E-state index >= 15 is 4.39 Å².